The number of unbranched alkanes of at least 4 members (excludes halogenated alkanes) is 1. The standard InChI is InChI=1S/C20H21NO4/c1-2-3-9-19(23)25-14-18(22)15-10-12-17(13-11-15)21-20(24)16-7-5-4-6-8-16/h4-8,10-13H,2-3,9,14H2,1H3,(H,21,24). The first kappa shape index (κ1) is 18.4. The summed E-state index contributed by atoms with van der Waals surface area (Å²) in [6.45, 7) is 1.72. The van der Waals surface area contributed by atoms with Gasteiger partial charge in [0.15, 0.2) is 12.4 Å². The molecule has 2 aromatic carbocycles. The largest absolute Gasteiger partial charge is 0.457 e. The van der Waals surface area contributed by atoms with Crippen molar-refractivity contribution in [1.29, 1.82) is 0 Å². The molecule has 0 heterocycles. The maximum Gasteiger partial charge on any atom is 0.306 e. The lowest BCUT2D eigenvalue weighted by Gasteiger charge is -2.07. The molecule has 0 atom stereocenters. The van der Waals surface area contributed by atoms with Crippen LogP contribution in [-0.4, -0.2) is 24.3 Å². The zero-order valence-electron chi connectivity index (χ0n) is 14.2. The number of benzene rings is 2. The fourth-order valence-corrected chi connectivity index (χ4v) is 2.15. The van der Waals surface area contributed by atoms with Gasteiger partial charge in [0.1, 0.15) is 0 Å². The van der Waals surface area contributed by atoms with Gasteiger partial charge in [0, 0.05) is 23.2 Å². The van der Waals surface area contributed by atoms with Crippen molar-refractivity contribution in [3.63, 3.8) is 0 Å². The molecule has 5 heteroatoms. The zero-order chi connectivity index (χ0) is 18.1. The molecule has 0 fully saturated rings. The van der Waals surface area contributed by atoms with Crippen LogP contribution in [0.25, 0.3) is 0 Å². The highest BCUT2D eigenvalue weighted by atomic mass is 16.5. The summed E-state index contributed by atoms with van der Waals surface area (Å²) >= 11 is 0. The first-order valence-corrected chi connectivity index (χ1v) is 8.25. The lowest BCUT2D eigenvalue weighted by atomic mass is 10.1. The van der Waals surface area contributed by atoms with E-state index in [9.17, 15) is 14.4 Å². The molecule has 0 spiro atoms. The molecular formula is C20H21NO4. The lowest BCUT2D eigenvalue weighted by molar-refractivity contribution is -0.142. The number of esters is 1. The van der Waals surface area contributed by atoms with E-state index in [0.717, 1.165) is 12.8 Å². The van der Waals surface area contributed by atoms with E-state index in [1.807, 2.05) is 13.0 Å². The fraction of sp³-hybridized carbons (Fsp3) is 0.250. The van der Waals surface area contributed by atoms with Gasteiger partial charge in [-0.15, -0.1) is 0 Å². The molecule has 0 radical (unpaired) electrons. The van der Waals surface area contributed by atoms with Gasteiger partial charge in [0.25, 0.3) is 5.91 Å². The van der Waals surface area contributed by atoms with Gasteiger partial charge in [-0.05, 0) is 42.8 Å². The molecule has 25 heavy (non-hydrogen) atoms. The molecule has 0 aliphatic heterocycles. The quantitative estimate of drug-likeness (QED) is 0.585. The van der Waals surface area contributed by atoms with Crippen LogP contribution in [0.2, 0.25) is 0 Å². The van der Waals surface area contributed by atoms with Crippen LogP contribution >= 0.6 is 0 Å². The molecule has 1 N–H and O–H groups in total. The Bertz CT molecular complexity index is 723. The Morgan fingerprint density at radius 1 is 0.920 bits per heavy atom. The van der Waals surface area contributed by atoms with Crippen molar-refractivity contribution in [3.8, 4) is 0 Å². The number of nitrogens with one attached hydrogen (secondary N) is 1. The summed E-state index contributed by atoms with van der Waals surface area (Å²) in [6.07, 6.45) is 1.98. The van der Waals surface area contributed by atoms with Crippen LogP contribution in [0.1, 0.15) is 46.9 Å². The van der Waals surface area contributed by atoms with E-state index in [-0.39, 0.29) is 24.3 Å². The van der Waals surface area contributed by atoms with Crippen molar-refractivity contribution >= 4 is 23.3 Å². The lowest BCUT2D eigenvalue weighted by Crippen LogP contribution is -2.14. The third-order valence-corrected chi connectivity index (χ3v) is 3.60. The van der Waals surface area contributed by atoms with Gasteiger partial charge in [-0.1, -0.05) is 31.5 Å². The van der Waals surface area contributed by atoms with Gasteiger partial charge in [-0.3, -0.25) is 14.4 Å². The number of hydrogen-bond donors (Lipinski definition) is 1. The fourth-order valence-electron chi connectivity index (χ4n) is 2.15. The molecule has 0 aliphatic rings. The highest BCUT2D eigenvalue weighted by Gasteiger charge is 2.10. The molecule has 2 rings (SSSR count). The Morgan fingerprint density at radius 3 is 2.24 bits per heavy atom. The summed E-state index contributed by atoms with van der Waals surface area (Å²) in [4.78, 5) is 35.5. The summed E-state index contributed by atoms with van der Waals surface area (Å²) in [7, 11) is 0. The SMILES string of the molecule is CCCCC(=O)OCC(=O)c1ccc(NC(=O)c2ccccc2)cc1. The van der Waals surface area contributed by atoms with Crippen molar-refractivity contribution in [2.75, 3.05) is 11.9 Å². The molecule has 0 saturated heterocycles. The maximum absolute atomic E-state index is 12.1. The van der Waals surface area contributed by atoms with Crippen molar-refractivity contribution in [2.24, 2.45) is 0 Å². The monoisotopic (exact) mass is 339 g/mol. The Balaban J connectivity index is 1.87. The molecule has 0 bridgehead atoms. The minimum atomic E-state index is -0.359. The number of carbonyl (C=O) groups excluding carboxylic acids is 3. The third-order valence-electron chi connectivity index (χ3n) is 3.60. The number of anilines is 1. The summed E-state index contributed by atoms with van der Waals surface area (Å²) < 4.78 is 4.95. The number of hydrogen-bond acceptors (Lipinski definition) is 4. The Labute approximate surface area is 147 Å². The molecule has 0 unspecified atom stereocenters. The highest BCUT2D eigenvalue weighted by molar-refractivity contribution is 6.04. The predicted molar refractivity (Wildman–Crippen MR) is 95.7 cm³/mol. The van der Waals surface area contributed by atoms with Gasteiger partial charge < -0.3 is 10.1 Å². The van der Waals surface area contributed by atoms with E-state index in [4.69, 9.17) is 4.74 Å². The van der Waals surface area contributed by atoms with Gasteiger partial charge in [0.2, 0.25) is 0 Å². The molecule has 5 nitrogen and oxygen atoms in total. The minimum absolute atomic E-state index is 0.218. The number of Topliss-reactive ketones (excluding diaryl/α,β-unsaturated/α-hetero) is 1. The Kier molecular flexibility index (Phi) is 6.89. The molecule has 1 amide bonds. The second-order valence-electron chi connectivity index (χ2n) is 5.58. The van der Waals surface area contributed by atoms with E-state index in [2.05, 4.69) is 5.32 Å². The smallest absolute Gasteiger partial charge is 0.306 e. The zero-order valence-corrected chi connectivity index (χ0v) is 14.2. The second kappa shape index (κ2) is 9.37. The number of ether oxygens (including phenoxy) is 1. The summed E-state index contributed by atoms with van der Waals surface area (Å²) in [5, 5.41) is 2.76. The molecule has 0 aromatic heterocycles. The number of carbonyl (C=O) groups is 3. The number of ketones is 1. The topological polar surface area (TPSA) is 72.5 Å². The van der Waals surface area contributed by atoms with Gasteiger partial charge in [-0.2, -0.15) is 0 Å². The number of rotatable bonds is 8. The van der Waals surface area contributed by atoms with E-state index >= 15 is 0 Å². The third kappa shape index (κ3) is 5.88. The van der Waals surface area contributed by atoms with Crippen molar-refractivity contribution in [3.05, 3.63) is 65.7 Å². The second-order valence-corrected chi connectivity index (χ2v) is 5.58. The predicted octanol–water partition coefficient (Wildman–Crippen LogP) is 3.86. The normalized spacial score (nSPS) is 10.1. The summed E-state index contributed by atoms with van der Waals surface area (Å²) in [5.41, 5.74) is 1.58. The minimum Gasteiger partial charge on any atom is -0.457 e. The summed E-state index contributed by atoms with van der Waals surface area (Å²) in [5.74, 6) is -0.850. The first-order chi connectivity index (χ1) is 12.1. The maximum atomic E-state index is 12.1. The van der Waals surface area contributed by atoms with Crippen LogP contribution in [0, 0.1) is 0 Å². The Morgan fingerprint density at radius 2 is 1.60 bits per heavy atom. The van der Waals surface area contributed by atoms with Gasteiger partial charge in [0.05, 0.1) is 0 Å². The van der Waals surface area contributed by atoms with Crippen LogP contribution in [0.4, 0.5) is 5.69 Å². The van der Waals surface area contributed by atoms with E-state index < -0.39 is 0 Å². The molecular weight excluding hydrogens is 318 g/mol. The van der Waals surface area contributed by atoms with Crippen molar-refractivity contribution in [2.45, 2.75) is 26.2 Å². The van der Waals surface area contributed by atoms with Crippen LogP contribution in [-0.2, 0) is 9.53 Å². The number of amides is 1. The van der Waals surface area contributed by atoms with Crippen LogP contribution in [0.15, 0.2) is 54.6 Å². The average molecular weight is 339 g/mol. The van der Waals surface area contributed by atoms with Gasteiger partial charge >= 0.3 is 5.97 Å². The van der Waals surface area contributed by atoms with E-state index in [0.29, 0.717) is 23.2 Å². The first-order valence-electron chi connectivity index (χ1n) is 8.25. The van der Waals surface area contributed by atoms with Crippen molar-refractivity contribution < 1.29 is 19.1 Å². The van der Waals surface area contributed by atoms with Crippen LogP contribution in [0.3, 0.4) is 0 Å². The molecule has 130 valence electrons. The average Bonchev–Trinajstić information content (AvgIpc) is 2.65. The highest BCUT2D eigenvalue weighted by Crippen LogP contribution is 2.12. The molecule has 0 saturated carbocycles. The van der Waals surface area contributed by atoms with Crippen LogP contribution in [0.5, 0.6) is 0 Å². The van der Waals surface area contributed by atoms with Gasteiger partial charge in [-0.25, -0.2) is 0 Å². The van der Waals surface area contributed by atoms with Crippen LogP contribution < -0.4 is 5.32 Å². The molecule has 0 aliphatic carbocycles. The molecule has 2 aromatic rings. The van der Waals surface area contributed by atoms with Crippen molar-refractivity contribution in [1.82, 2.24) is 0 Å². The van der Waals surface area contributed by atoms with E-state index in [1.54, 1.807) is 48.5 Å². The Hall–Kier alpha value is -2.95. The van der Waals surface area contributed by atoms with E-state index in [1.165, 1.54) is 0 Å². The summed E-state index contributed by atoms with van der Waals surface area (Å²) in [6, 6.07) is 15.4.